The van der Waals surface area contributed by atoms with Crippen LogP contribution in [0.5, 0.6) is 5.75 Å². The molecule has 0 radical (unpaired) electrons. The molecule has 188 valence electrons. The fraction of sp³-hybridized carbons (Fsp3) is 0.214. The normalized spacial score (nSPS) is 19.0. The molecule has 7 nitrogen and oxygen atoms in total. The van der Waals surface area contributed by atoms with Crippen LogP contribution < -0.4 is 10.1 Å². The van der Waals surface area contributed by atoms with Gasteiger partial charge < -0.3 is 10.1 Å². The van der Waals surface area contributed by atoms with Gasteiger partial charge in [-0.25, -0.2) is 5.01 Å². The highest BCUT2D eigenvalue weighted by molar-refractivity contribution is 8.15. The number of amidine groups is 1. The summed E-state index contributed by atoms with van der Waals surface area (Å²) < 4.78 is 5.31. The fourth-order valence-electron chi connectivity index (χ4n) is 4.23. The number of carbonyl (C=O) groups excluding carboxylic acids is 2. The van der Waals surface area contributed by atoms with E-state index in [0.717, 1.165) is 28.2 Å². The summed E-state index contributed by atoms with van der Waals surface area (Å²) in [5.41, 5.74) is 4.48. The van der Waals surface area contributed by atoms with Gasteiger partial charge in [-0.2, -0.15) is 10.1 Å². The van der Waals surface area contributed by atoms with Crippen molar-refractivity contribution in [2.24, 2.45) is 10.1 Å². The van der Waals surface area contributed by atoms with Crippen molar-refractivity contribution in [3.05, 3.63) is 94.5 Å². The number of aliphatic imine (C=N–C) groups is 1. The number of methoxy groups -OCH3 is 1. The molecular weight excluding hydrogens is 508 g/mol. The third-order valence-electron chi connectivity index (χ3n) is 6.27. The van der Waals surface area contributed by atoms with E-state index < -0.39 is 5.25 Å². The maximum atomic E-state index is 12.8. The van der Waals surface area contributed by atoms with Gasteiger partial charge in [0.05, 0.1) is 18.9 Å². The maximum absolute atomic E-state index is 12.8. The quantitative estimate of drug-likeness (QED) is 0.431. The first-order valence-electron chi connectivity index (χ1n) is 11.8. The number of hydrazone groups is 1. The van der Waals surface area contributed by atoms with Crippen LogP contribution in [-0.2, 0) is 9.59 Å². The lowest BCUT2D eigenvalue weighted by atomic mass is 9.98. The summed E-state index contributed by atoms with van der Waals surface area (Å²) in [7, 11) is 1.63. The largest absolute Gasteiger partial charge is 0.497 e. The van der Waals surface area contributed by atoms with Gasteiger partial charge in [0.25, 0.3) is 5.91 Å². The number of hydrogen-bond donors (Lipinski definition) is 1. The first kappa shape index (κ1) is 25.0. The molecule has 0 fully saturated rings. The average molecular weight is 533 g/mol. The Labute approximate surface area is 224 Å². The minimum atomic E-state index is -0.622. The number of hydrogen-bond acceptors (Lipinski definition) is 6. The summed E-state index contributed by atoms with van der Waals surface area (Å²) in [5, 5.41) is 9.95. The van der Waals surface area contributed by atoms with E-state index in [1.165, 1.54) is 11.8 Å². The molecule has 2 aliphatic rings. The summed E-state index contributed by atoms with van der Waals surface area (Å²) in [6.45, 7) is 1.89. The van der Waals surface area contributed by atoms with Crippen LogP contribution in [0.1, 0.15) is 35.6 Å². The van der Waals surface area contributed by atoms with E-state index in [-0.39, 0.29) is 24.3 Å². The van der Waals surface area contributed by atoms with E-state index >= 15 is 0 Å². The number of nitrogens with one attached hydrogen (secondary N) is 1. The van der Waals surface area contributed by atoms with Crippen molar-refractivity contribution >= 4 is 51.7 Å². The van der Waals surface area contributed by atoms with Crippen LogP contribution in [0.2, 0.25) is 5.02 Å². The molecule has 2 aliphatic heterocycles. The second-order valence-corrected chi connectivity index (χ2v) is 10.4. The second-order valence-electron chi connectivity index (χ2n) is 8.81. The smallest absolute Gasteiger partial charge is 0.262 e. The van der Waals surface area contributed by atoms with Gasteiger partial charge in [-0.15, -0.1) is 0 Å². The van der Waals surface area contributed by atoms with Crippen LogP contribution in [0.4, 0.5) is 5.69 Å². The third kappa shape index (κ3) is 5.55. The molecule has 3 aromatic carbocycles. The monoisotopic (exact) mass is 532 g/mol. The number of anilines is 1. The van der Waals surface area contributed by atoms with Crippen molar-refractivity contribution in [1.82, 2.24) is 5.01 Å². The van der Waals surface area contributed by atoms with Gasteiger partial charge in [0.2, 0.25) is 5.91 Å². The Morgan fingerprint density at radius 2 is 1.89 bits per heavy atom. The van der Waals surface area contributed by atoms with Crippen molar-refractivity contribution < 1.29 is 14.3 Å². The standard InChI is InChI=1S/C28H25ClN4O3S/c1-17-8-11-20(14-22(17)29)30-26(34)16-25-27(35)31-28(37-25)33-24(19-9-12-21(36-2)13-10-19)15-23(32-33)18-6-4-3-5-7-18/h3-14,24-25H,15-16H2,1-2H3,(H,30,34)/t24-,25+/m1/s1. The fourth-order valence-corrected chi connectivity index (χ4v) is 5.47. The minimum Gasteiger partial charge on any atom is -0.497 e. The van der Waals surface area contributed by atoms with Crippen LogP contribution in [0.25, 0.3) is 0 Å². The topological polar surface area (TPSA) is 83.4 Å². The zero-order valence-electron chi connectivity index (χ0n) is 20.3. The van der Waals surface area contributed by atoms with Crippen molar-refractivity contribution in [3.63, 3.8) is 0 Å². The number of halogens is 1. The van der Waals surface area contributed by atoms with Gasteiger partial charge in [0.15, 0.2) is 5.17 Å². The van der Waals surface area contributed by atoms with E-state index in [9.17, 15) is 9.59 Å². The molecular formula is C28H25ClN4O3S. The number of aryl methyl sites for hydroxylation is 1. The first-order valence-corrected chi connectivity index (χ1v) is 13.1. The third-order valence-corrected chi connectivity index (χ3v) is 7.82. The Morgan fingerprint density at radius 1 is 1.14 bits per heavy atom. The molecule has 2 heterocycles. The predicted octanol–water partition coefficient (Wildman–Crippen LogP) is 5.83. The van der Waals surface area contributed by atoms with Crippen molar-refractivity contribution in [2.75, 3.05) is 12.4 Å². The Bertz CT molecular complexity index is 1390. The Balaban J connectivity index is 1.34. The summed E-state index contributed by atoms with van der Waals surface area (Å²) in [6.07, 6.45) is 0.655. The number of nitrogens with zero attached hydrogens (tertiary/aromatic N) is 3. The lowest BCUT2D eigenvalue weighted by molar-refractivity contribution is -0.121. The molecule has 0 bridgehead atoms. The summed E-state index contributed by atoms with van der Waals surface area (Å²) in [5.74, 6) is 0.152. The van der Waals surface area contributed by atoms with Gasteiger partial charge in [-0.1, -0.05) is 71.9 Å². The molecule has 0 saturated carbocycles. The Hall–Kier alpha value is -3.62. The van der Waals surface area contributed by atoms with Crippen LogP contribution in [-0.4, -0.2) is 40.1 Å². The van der Waals surface area contributed by atoms with E-state index in [2.05, 4.69) is 10.3 Å². The van der Waals surface area contributed by atoms with Crippen molar-refractivity contribution in [1.29, 1.82) is 0 Å². The highest BCUT2D eigenvalue weighted by Crippen LogP contribution is 2.39. The van der Waals surface area contributed by atoms with Crippen LogP contribution in [0.15, 0.2) is 82.9 Å². The number of carbonyl (C=O) groups is 2. The molecule has 2 amide bonds. The summed E-state index contributed by atoms with van der Waals surface area (Å²) in [4.78, 5) is 29.8. The number of thioether (sulfide) groups is 1. The molecule has 0 spiro atoms. The summed E-state index contributed by atoms with van der Waals surface area (Å²) in [6, 6.07) is 23.0. The van der Waals surface area contributed by atoms with Gasteiger partial charge in [0.1, 0.15) is 11.0 Å². The van der Waals surface area contributed by atoms with Gasteiger partial charge in [-0.3, -0.25) is 9.59 Å². The predicted molar refractivity (Wildman–Crippen MR) is 148 cm³/mol. The van der Waals surface area contributed by atoms with E-state index in [4.69, 9.17) is 21.4 Å². The molecule has 0 unspecified atom stereocenters. The molecule has 2 atom stereocenters. The molecule has 37 heavy (non-hydrogen) atoms. The number of benzene rings is 3. The highest BCUT2D eigenvalue weighted by Gasteiger charge is 2.39. The first-order chi connectivity index (χ1) is 17.9. The van der Waals surface area contributed by atoms with Gasteiger partial charge >= 0.3 is 0 Å². The zero-order chi connectivity index (χ0) is 25.9. The average Bonchev–Trinajstić information content (AvgIpc) is 3.51. The molecule has 9 heteroatoms. The second kappa shape index (κ2) is 10.8. The lowest BCUT2D eigenvalue weighted by Crippen LogP contribution is -2.25. The molecule has 0 aliphatic carbocycles. The molecule has 0 aromatic heterocycles. The van der Waals surface area contributed by atoms with E-state index in [1.807, 2.05) is 72.6 Å². The van der Waals surface area contributed by atoms with E-state index in [0.29, 0.717) is 22.3 Å². The zero-order valence-corrected chi connectivity index (χ0v) is 21.9. The molecule has 0 saturated heterocycles. The van der Waals surface area contributed by atoms with Crippen molar-refractivity contribution in [3.8, 4) is 5.75 Å². The summed E-state index contributed by atoms with van der Waals surface area (Å²) >= 11 is 7.44. The van der Waals surface area contributed by atoms with Crippen LogP contribution in [0.3, 0.4) is 0 Å². The van der Waals surface area contributed by atoms with Crippen molar-refractivity contribution in [2.45, 2.75) is 31.1 Å². The van der Waals surface area contributed by atoms with Gasteiger partial charge in [0, 0.05) is 23.6 Å². The lowest BCUT2D eigenvalue weighted by Gasteiger charge is -2.23. The minimum absolute atomic E-state index is 0.00169. The highest BCUT2D eigenvalue weighted by atomic mass is 35.5. The van der Waals surface area contributed by atoms with Gasteiger partial charge in [-0.05, 0) is 47.9 Å². The molecule has 3 aromatic rings. The van der Waals surface area contributed by atoms with E-state index in [1.54, 1.807) is 19.2 Å². The van der Waals surface area contributed by atoms with Crippen LogP contribution in [0, 0.1) is 6.92 Å². The maximum Gasteiger partial charge on any atom is 0.262 e. The molecule has 5 rings (SSSR count). The number of rotatable bonds is 6. The molecule has 1 N–H and O–H groups in total. The Kier molecular flexibility index (Phi) is 7.30. The SMILES string of the molecule is COc1ccc([C@H]2CC(c3ccccc3)=NN2C2=NC(=O)[C@H](CC(=O)Nc3ccc(C)c(Cl)c3)S2)cc1. The number of amides is 2. The number of ether oxygens (including phenoxy) is 1. The Morgan fingerprint density at radius 3 is 2.59 bits per heavy atom. The van der Waals surface area contributed by atoms with Crippen LogP contribution >= 0.6 is 23.4 Å².